The Morgan fingerprint density at radius 1 is 1.24 bits per heavy atom. The van der Waals surface area contributed by atoms with E-state index >= 15 is 0 Å². The van der Waals surface area contributed by atoms with Crippen LogP contribution in [0.15, 0.2) is 24.3 Å². The number of nitrogens with one attached hydrogen (secondary N) is 1. The summed E-state index contributed by atoms with van der Waals surface area (Å²) in [7, 11) is 0. The van der Waals surface area contributed by atoms with Crippen molar-refractivity contribution in [3.8, 4) is 0 Å². The van der Waals surface area contributed by atoms with Crippen LogP contribution in [0.5, 0.6) is 0 Å². The second-order valence-electron chi connectivity index (χ2n) is 6.53. The molecular weight excluding hydrogens is 340 g/mol. The number of hydrogen-bond acceptors (Lipinski definition) is 4. The van der Waals surface area contributed by atoms with E-state index in [0.717, 1.165) is 0 Å². The van der Waals surface area contributed by atoms with Gasteiger partial charge in [-0.05, 0) is 36.8 Å². The number of amides is 2. The van der Waals surface area contributed by atoms with Crippen molar-refractivity contribution in [1.29, 1.82) is 0 Å². The lowest BCUT2D eigenvalue weighted by atomic mass is 10.0. The van der Waals surface area contributed by atoms with E-state index in [9.17, 15) is 19.5 Å². The number of thioether (sulfide) groups is 1. The van der Waals surface area contributed by atoms with Crippen molar-refractivity contribution in [3.63, 3.8) is 0 Å². The lowest BCUT2D eigenvalue weighted by Crippen LogP contribution is -2.47. The van der Waals surface area contributed by atoms with Crippen LogP contribution in [0.3, 0.4) is 0 Å². The number of carboxylic acid groups (broad SMARTS) is 1. The molecule has 1 aromatic carbocycles. The van der Waals surface area contributed by atoms with Crippen molar-refractivity contribution < 1.29 is 19.5 Å². The molecule has 134 valence electrons. The average Bonchev–Trinajstić information content (AvgIpc) is 3.31. The second kappa shape index (κ2) is 7.91. The largest absolute Gasteiger partial charge is 0.478 e. The Morgan fingerprint density at radius 2 is 2.00 bits per heavy atom. The van der Waals surface area contributed by atoms with Gasteiger partial charge < -0.3 is 15.3 Å². The molecule has 1 aromatic rings. The molecule has 0 spiro atoms. The Morgan fingerprint density at radius 3 is 2.72 bits per heavy atom. The minimum Gasteiger partial charge on any atom is -0.478 e. The lowest BCUT2D eigenvalue weighted by molar-refractivity contribution is -0.138. The van der Waals surface area contributed by atoms with Crippen LogP contribution in [0, 0.1) is 5.92 Å². The summed E-state index contributed by atoms with van der Waals surface area (Å²) in [5.74, 6) is 0.578. The molecule has 0 aromatic heterocycles. The molecule has 1 saturated heterocycles. The first kappa shape index (κ1) is 17.8. The van der Waals surface area contributed by atoms with Gasteiger partial charge in [-0.3, -0.25) is 9.59 Å². The van der Waals surface area contributed by atoms with Crippen LogP contribution in [-0.2, 0) is 16.0 Å². The van der Waals surface area contributed by atoms with Crippen molar-refractivity contribution in [1.82, 2.24) is 10.2 Å². The SMILES string of the molecule is O=C(O)c1ccccc1CCC(=O)N1CSCC1C(=O)NCC1CC1. The number of rotatable bonds is 7. The number of carbonyl (C=O) groups excluding carboxylic acids is 2. The molecule has 2 fully saturated rings. The van der Waals surface area contributed by atoms with E-state index < -0.39 is 12.0 Å². The summed E-state index contributed by atoms with van der Waals surface area (Å²) in [6.07, 6.45) is 2.91. The standard InChI is InChI=1S/C18H22N2O4S/c21-16(8-7-13-3-1-2-4-14(13)18(23)24)20-11-25-10-15(20)17(22)19-9-12-5-6-12/h1-4,12,15H,5-11H2,(H,19,22)(H,23,24). The molecule has 3 rings (SSSR count). The van der Waals surface area contributed by atoms with Crippen molar-refractivity contribution in [2.24, 2.45) is 5.92 Å². The minimum atomic E-state index is -0.989. The van der Waals surface area contributed by atoms with Gasteiger partial charge >= 0.3 is 5.97 Å². The van der Waals surface area contributed by atoms with Crippen LogP contribution >= 0.6 is 11.8 Å². The maximum absolute atomic E-state index is 12.6. The molecule has 1 saturated carbocycles. The van der Waals surface area contributed by atoms with Gasteiger partial charge in [0.15, 0.2) is 0 Å². The fourth-order valence-electron chi connectivity index (χ4n) is 2.92. The van der Waals surface area contributed by atoms with Gasteiger partial charge in [0, 0.05) is 18.7 Å². The van der Waals surface area contributed by atoms with Gasteiger partial charge in [-0.25, -0.2) is 4.79 Å². The van der Waals surface area contributed by atoms with Gasteiger partial charge in [0.1, 0.15) is 6.04 Å². The molecule has 1 heterocycles. The highest BCUT2D eigenvalue weighted by atomic mass is 32.2. The zero-order valence-electron chi connectivity index (χ0n) is 13.9. The van der Waals surface area contributed by atoms with E-state index in [-0.39, 0.29) is 23.8 Å². The highest BCUT2D eigenvalue weighted by Crippen LogP contribution is 2.28. The second-order valence-corrected chi connectivity index (χ2v) is 7.53. The molecule has 2 aliphatic rings. The molecule has 1 unspecified atom stereocenters. The number of aryl methyl sites for hydroxylation is 1. The molecule has 1 aliphatic carbocycles. The van der Waals surface area contributed by atoms with Gasteiger partial charge in [-0.15, -0.1) is 11.8 Å². The zero-order valence-corrected chi connectivity index (χ0v) is 14.8. The van der Waals surface area contributed by atoms with Crippen molar-refractivity contribution in [3.05, 3.63) is 35.4 Å². The van der Waals surface area contributed by atoms with Gasteiger partial charge in [0.2, 0.25) is 11.8 Å². The summed E-state index contributed by atoms with van der Waals surface area (Å²) in [6, 6.07) is 6.31. The molecule has 7 heteroatoms. The third-order valence-corrected chi connectivity index (χ3v) is 5.64. The van der Waals surface area contributed by atoms with E-state index in [1.807, 2.05) is 0 Å². The van der Waals surface area contributed by atoms with Gasteiger partial charge in [0.25, 0.3) is 0 Å². The molecule has 1 aliphatic heterocycles. The molecular formula is C18H22N2O4S. The van der Waals surface area contributed by atoms with E-state index in [0.29, 0.717) is 36.1 Å². The number of nitrogens with zero attached hydrogens (tertiary/aromatic N) is 1. The summed E-state index contributed by atoms with van der Waals surface area (Å²) >= 11 is 1.58. The summed E-state index contributed by atoms with van der Waals surface area (Å²) in [5.41, 5.74) is 0.870. The third-order valence-electron chi connectivity index (χ3n) is 4.62. The Bertz CT molecular complexity index is 675. The van der Waals surface area contributed by atoms with E-state index in [4.69, 9.17) is 0 Å². The van der Waals surface area contributed by atoms with Crippen LogP contribution < -0.4 is 5.32 Å². The number of aromatic carboxylic acids is 1. The first-order chi connectivity index (χ1) is 12.1. The quantitative estimate of drug-likeness (QED) is 0.772. The Labute approximate surface area is 151 Å². The highest BCUT2D eigenvalue weighted by molar-refractivity contribution is 7.99. The third kappa shape index (κ3) is 4.54. The Balaban J connectivity index is 1.56. The zero-order chi connectivity index (χ0) is 17.8. The molecule has 25 heavy (non-hydrogen) atoms. The first-order valence-electron chi connectivity index (χ1n) is 8.52. The van der Waals surface area contributed by atoms with Crippen LogP contribution in [0.25, 0.3) is 0 Å². The average molecular weight is 362 g/mol. The van der Waals surface area contributed by atoms with Crippen LogP contribution in [0.4, 0.5) is 0 Å². The molecule has 1 atom stereocenters. The monoisotopic (exact) mass is 362 g/mol. The van der Waals surface area contributed by atoms with Crippen LogP contribution in [0.2, 0.25) is 0 Å². The maximum Gasteiger partial charge on any atom is 0.335 e. The Hall–Kier alpha value is -2.02. The van der Waals surface area contributed by atoms with Crippen molar-refractivity contribution in [2.45, 2.75) is 31.7 Å². The van der Waals surface area contributed by atoms with Crippen LogP contribution in [0.1, 0.15) is 35.2 Å². The minimum absolute atomic E-state index is 0.0730. The normalized spacial score (nSPS) is 19.7. The number of carbonyl (C=O) groups is 3. The predicted molar refractivity (Wildman–Crippen MR) is 95.4 cm³/mol. The topological polar surface area (TPSA) is 86.7 Å². The molecule has 2 amide bonds. The number of carboxylic acids is 1. The fraction of sp³-hybridized carbons (Fsp3) is 0.500. The smallest absolute Gasteiger partial charge is 0.335 e. The number of benzene rings is 1. The van der Waals surface area contributed by atoms with E-state index in [1.54, 1.807) is 40.9 Å². The van der Waals surface area contributed by atoms with Gasteiger partial charge in [0.05, 0.1) is 11.4 Å². The maximum atomic E-state index is 12.6. The summed E-state index contributed by atoms with van der Waals surface area (Å²) in [6.45, 7) is 0.702. The van der Waals surface area contributed by atoms with Gasteiger partial charge in [-0.2, -0.15) is 0 Å². The van der Waals surface area contributed by atoms with Gasteiger partial charge in [-0.1, -0.05) is 18.2 Å². The van der Waals surface area contributed by atoms with Crippen LogP contribution in [-0.4, -0.2) is 52.0 Å². The molecule has 0 radical (unpaired) electrons. The van der Waals surface area contributed by atoms with E-state index in [2.05, 4.69) is 5.32 Å². The molecule has 0 bridgehead atoms. The van der Waals surface area contributed by atoms with E-state index in [1.165, 1.54) is 12.8 Å². The lowest BCUT2D eigenvalue weighted by Gasteiger charge is -2.23. The van der Waals surface area contributed by atoms with Crippen molar-refractivity contribution >= 4 is 29.5 Å². The highest BCUT2D eigenvalue weighted by Gasteiger charge is 2.35. The predicted octanol–water partition coefficient (Wildman–Crippen LogP) is 1.75. The summed E-state index contributed by atoms with van der Waals surface area (Å²) in [4.78, 5) is 37.7. The molecule has 2 N–H and O–H groups in total. The number of hydrogen-bond donors (Lipinski definition) is 2. The Kier molecular flexibility index (Phi) is 5.63. The fourth-order valence-corrected chi connectivity index (χ4v) is 4.10. The van der Waals surface area contributed by atoms with Crippen molar-refractivity contribution in [2.75, 3.05) is 18.2 Å². The molecule has 6 nitrogen and oxygen atoms in total. The summed E-state index contributed by atoms with van der Waals surface area (Å²) in [5, 5.41) is 12.2. The summed E-state index contributed by atoms with van der Waals surface area (Å²) < 4.78 is 0. The first-order valence-corrected chi connectivity index (χ1v) is 9.68.